The van der Waals surface area contributed by atoms with Gasteiger partial charge in [0.1, 0.15) is 0 Å². The van der Waals surface area contributed by atoms with Crippen molar-refractivity contribution in [2.45, 2.75) is 19.4 Å². The van der Waals surface area contributed by atoms with Gasteiger partial charge in [-0.2, -0.15) is 11.8 Å². The van der Waals surface area contributed by atoms with Crippen LogP contribution < -0.4 is 11.1 Å². The van der Waals surface area contributed by atoms with Crippen LogP contribution in [-0.4, -0.2) is 41.1 Å². The number of aliphatic hydroxyl groups excluding tert-OH is 1. The van der Waals surface area contributed by atoms with E-state index in [2.05, 4.69) is 5.32 Å². The maximum atomic E-state index is 11.1. The van der Waals surface area contributed by atoms with Gasteiger partial charge in [0.25, 0.3) is 0 Å². The lowest BCUT2D eigenvalue weighted by atomic mass is 10.3. The van der Waals surface area contributed by atoms with Gasteiger partial charge in [-0.05, 0) is 6.92 Å². The Morgan fingerprint density at radius 3 is 2.71 bits per heavy atom. The van der Waals surface area contributed by atoms with Gasteiger partial charge in [0.15, 0.2) is 0 Å². The number of carbonyl (C=O) groups is 2. The van der Waals surface area contributed by atoms with Crippen LogP contribution in [0.1, 0.15) is 13.3 Å². The molecule has 82 valence electrons. The number of hydrogen-bond acceptors (Lipinski definition) is 4. The van der Waals surface area contributed by atoms with E-state index in [-0.39, 0.29) is 30.2 Å². The van der Waals surface area contributed by atoms with Gasteiger partial charge < -0.3 is 16.2 Å². The number of thioether (sulfide) groups is 1. The molecule has 0 aromatic carbocycles. The fourth-order valence-electron chi connectivity index (χ4n) is 0.730. The van der Waals surface area contributed by atoms with E-state index in [0.717, 1.165) is 0 Å². The third-order valence-corrected chi connectivity index (χ3v) is 2.38. The van der Waals surface area contributed by atoms with Crippen LogP contribution in [0, 0.1) is 0 Å². The van der Waals surface area contributed by atoms with E-state index in [9.17, 15) is 9.59 Å². The van der Waals surface area contributed by atoms with Crippen LogP contribution in [0.2, 0.25) is 0 Å². The molecule has 0 saturated carbocycles. The van der Waals surface area contributed by atoms with Gasteiger partial charge in [0, 0.05) is 18.2 Å². The summed E-state index contributed by atoms with van der Waals surface area (Å²) in [5, 5.41) is 11.2. The molecule has 0 unspecified atom stereocenters. The summed E-state index contributed by atoms with van der Waals surface area (Å²) in [4.78, 5) is 21.4. The van der Waals surface area contributed by atoms with E-state index in [1.165, 1.54) is 11.8 Å². The predicted molar refractivity (Wildman–Crippen MR) is 55.8 cm³/mol. The number of amides is 2. The number of nitrogens with two attached hydrogens (primary N) is 1. The predicted octanol–water partition coefficient (Wildman–Crippen LogP) is -0.908. The lowest BCUT2D eigenvalue weighted by Gasteiger charge is -2.09. The van der Waals surface area contributed by atoms with Gasteiger partial charge in [-0.25, -0.2) is 0 Å². The van der Waals surface area contributed by atoms with Gasteiger partial charge in [-0.15, -0.1) is 0 Å². The summed E-state index contributed by atoms with van der Waals surface area (Å²) >= 11 is 1.33. The number of nitrogens with one attached hydrogen (secondary N) is 1. The molecule has 14 heavy (non-hydrogen) atoms. The first-order chi connectivity index (χ1) is 6.56. The summed E-state index contributed by atoms with van der Waals surface area (Å²) in [6.45, 7) is 1.65. The minimum Gasteiger partial charge on any atom is -0.394 e. The van der Waals surface area contributed by atoms with Crippen LogP contribution in [0.5, 0.6) is 0 Å². The zero-order valence-corrected chi connectivity index (χ0v) is 8.97. The van der Waals surface area contributed by atoms with Crippen molar-refractivity contribution in [2.24, 2.45) is 5.73 Å². The van der Waals surface area contributed by atoms with Crippen molar-refractivity contribution in [3.05, 3.63) is 0 Å². The van der Waals surface area contributed by atoms with Crippen LogP contribution in [0.25, 0.3) is 0 Å². The molecular formula is C8H16N2O3S. The van der Waals surface area contributed by atoms with Crippen molar-refractivity contribution in [3.63, 3.8) is 0 Å². The molecule has 0 bridgehead atoms. The molecule has 0 saturated heterocycles. The molecule has 0 radical (unpaired) electrons. The van der Waals surface area contributed by atoms with Crippen molar-refractivity contribution in [1.29, 1.82) is 0 Å². The average molecular weight is 220 g/mol. The smallest absolute Gasteiger partial charge is 0.227 e. The van der Waals surface area contributed by atoms with E-state index in [1.807, 2.05) is 0 Å². The normalized spacial score (nSPS) is 12.1. The molecule has 4 N–H and O–H groups in total. The quantitative estimate of drug-likeness (QED) is 0.484. The third kappa shape index (κ3) is 7.88. The minimum atomic E-state index is -0.376. The molecule has 0 aliphatic carbocycles. The first-order valence-electron chi connectivity index (χ1n) is 4.32. The standard InChI is InChI=1S/C8H16N2O3S/c1-6(4-11)10-8(13)2-3-14-5-7(9)12/h6,11H,2-5H2,1H3,(H2,9,12)(H,10,13)/t6-/m1/s1. The number of hydrogen-bond donors (Lipinski definition) is 3. The molecule has 0 aliphatic heterocycles. The Morgan fingerprint density at radius 2 is 2.21 bits per heavy atom. The summed E-state index contributed by atoms with van der Waals surface area (Å²) in [5.74, 6) is 0.304. The molecule has 0 aliphatic rings. The molecule has 0 fully saturated rings. The third-order valence-electron chi connectivity index (χ3n) is 1.40. The van der Waals surface area contributed by atoms with Crippen molar-refractivity contribution in [3.8, 4) is 0 Å². The molecule has 0 heterocycles. The summed E-state index contributed by atoms with van der Waals surface area (Å²) < 4.78 is 0. The van der Waals surface area contributed by atoms with E-state index in [1.54, 1.807) is 6.92 Å². The molecule has 1 atom stereocenters. The van der Waals surface area contributed by atoms with E-state index < -0.39 is 0 Å². The second-order valence-electron chi connectivity index (χ2n) is 2.92. The lowest BCUT2D eigenvalue weighted by Crippen LogP contribution is -2.35. The Hall–Kier alpha value is -0.750. The van der Waals surface area contributed by atoms with Gasteiger partial charge >= 0.3 is 0 Å². The topological polar surface area (TPSA) is 92.4 Å². The number of aliphatic hydroxyl groups is 1. The monoisotopic (exact) mass is 220 g/mol. The molecule has 5 nitrogen and oxygen atoms in total. The minimum absolute atomic E-state index is 0.0693. The highest BCUT2D eigenvalue weighted by Crippen LogP contribution is 2.01. The highest BCUT2D eigenvalue weighted by atomic mass is 32.2. The summed E-state index contributed by atoms with van der Waals surface area (Å²) in [6, 6.07) is -0.219. The fraction of sp³-hybridized carbons (Fsp3) is 0.750. The van der Waals surface area contributed by atoms with E-state index in [4.69, 9.17) is 10.8 Å². The summed E-state index contributed by atoms with van der Waals surface area (Å²) in [5.41, 5.74) is 4.92. The lowest BCUT2D eigenvalue weighted by molar-refractivity contribution is -0.121. The molecular weight excluding hydrogens is 204 g/mol. The van der Waals surface area contributed by atoms with Crippen LogP contribution >= 0.6 is 11.8 Å². The van der Waals surface area contributed by atoms with E-state index >= 15 is 0 Å². The van der Waals surface area contributed by atoms with Crippen LogP contribution in [0.4, 0.5) is 0 Å². The summed E-state index contributed by atoms with van der Waals surface area (Å²) in [6.07, 6.45) is 0.336. The Morgan fingerprint density at radius 1 is 1.57 bits per heavy atom. The van der Waals surface area contributed by atoms with Gasteiger partial charge in [-0.1, -0.05) is 0 Å². The first kappa shape index (κ1) is 13.2. The summed E-state index contributed by atoms with van der Waals surface area (Å²) in [7, 11) is 0. The Bertz CT molecular complexity index is 199. The number of carbonyl (C=O) groups excluding carboxylic acids is 2. The highest BCUT2D eigenvalue weighted by molar-refractivity contribution is 7.99. The molecule has 0 aromatic heterocycles. The molecule has 0 spiro atoms. The Kier molecular flexibility index (Phi) is 7.23. The molecule has 2 amide bonds. The van der Waals surface area contributed by atoms with E-state index in [0.29, 0.717) is 12.2 Å². The van der Waals surface area contributed by atoms with Crippen LogP contribution in [0.3, 0.4) is 0 Å². The first-order valence-corrected chi connectivity index (χ1v) is 5.48. The maximum absolute atomic E-state index is 11.1. The van der Waals surface area contributed by atoms with Crippen molar-refractivity contribution in [2.75, 3.05) is 18.1 Å². The highest BCUT2D eigenvalue weighted by Gasteiger charge is 2.05. The Balaban J connectivity index is 3.40. The van der Waals surface area contributed by atoms with Crippen molar-refractivity contribution in [1.82, 2.24) is 5.32 Å². The van der Waals surface area contributed by atoms with Crippen molar-refractivity contribution < 1.29 is 14.7 Å². The Labute approximate surface area is 87.4 Å². The van der Waals surface area contributed by atoms with Gasteiger partial charge in [-0.3, -0.25) is 9.59 Å². The zero-order valence-electron chi connectivity index (χ0n) is 8.16. The second-order valence-corrected chi connectivity index (χ2v) is 4.03. The zero-order chi connectivity index (χ0) is 11.0. The van der Waals surface area contributed by atoms with Gasteiger partial charge in [0.05, 0.1) is 12.4 Å². The van der Waals surface area contributed by atoms with Crippen LogP contribution in [-0.2, 0) is 9.59 Å². The average Bonchev–Trinajstić information content (AvgIpc) is 2.12. The fourth-order valence-corrected chi connectivity index (χ4v) is 1.41. The second kappa shape index (κ2) is 7.64. The SMILES string of the molecule is C[C@H](CO)NC(=O)CCSCC(N)=O. The van der Waals surface area contributed by atoms with Gasteiger partial charge in [0.2, 0.25) is 11.8 Å². The van der Waals surface area contributed by atoms with Crippen molar-refractivity contribution >= 4 is 23.6 Å². The number of rotatable bonds is 7. The molecule has 6 heteroatoms. The largest absolute Gasteiger partial charge is 0.394 e. The molecule has 0 aromatic rings. The maximum Gasteiger partial charge on any atom is 0.227 e. The molecule has 0 rings (SSSR count). The van der Waals surface area contributed by atoms with Crippen LogP contribution in [0.15, 0.2) is 0 Å². The number of primary amides is 1.